The summed E-state index contributed by atoms with van der Waals surface area (Å²) < 4.78 is 0. The third-order valence-corrected chi connectivity index (χ3v) is 2.16. The molecule has 1 saturated heterocycles. The van der Waals surface area contributed by atoms with Crippen LogP contribution in [-0.4, -0.2) is 29.9 Å². The van der Waals surface area contributed by atoms with Crippen LogP contribution in [0.3, 0.4) is 0 Å². The van der Waals surface area contributed by atoms with E-state index in [1.165, 1.54) is 0 Å². The van der Waals surface area contributed by atoms with Gasteiger partial charge in [-0.1, -0.05) is 0 Å². The molecule has 5 nitrogen and oxygen atoms in total. The summed E-state index contributed by atoms with van der Waals surface area (Å²) in [5.41, 5.74) is 10.4. The lowest BCUT2D eigenvalue weighted by Gasteiger charge is -2.31. The monoisotopic (exact) mass is 170 g/mol. The first-order valence-electron chi connectivity index (χ1n) is 3.99. The van der Waals surface area contributed by atoms with Gasteiger partial charge in [-0.25, -0.2) is 0 Å². The zero-order chi connectivity index (χ0) is 9.14. The van der Waals surface area contributed by atoms with Gasteiger partial charge in [-0.3, -0.25) is 10.2 Å². The zero-order valence-corrected chi connectivity index (χ0v) is 6.92. The van der Waals surface area contributed by atoms with Gasteiger partial charge in [-0.2, -0.15) is 0 Å². The summed E-state index contributed by atoms with van der Waals surface area (Å²) in [6, 6.07) is 0. The molecule has 68 valence electrons. The van der Waals surface area contributed by atoms with E-state index in [2.05, 4.69) is 0 Å². The molecule has 1 aliphatic rings. The maximum Gasteiger partial charge on any atom is 0.222 e. The molecule has 0 aromatic rings. The summed E-state index contributed by atoms with van der Waals surface area (Å²) in [7, 11) is 0. The van der Waals surface area contributed by atoms with Gasteiger partial charge in [-0.05, 0) is 12.8 Å². The fourth-order valence-corrected chi connectivity index (χ4v) is 1.43. The van der Waals surface area contributed by atoms with Crippen LogP contribution in [0.15, 0.2) is 0 Å². The lowest BCUT2D eigenvalue weighted by molar-refractivity contribution is -0.122. The number of carbonyl (C=O) groups is 1. The molecule has 0 spiro atoms. The van der Waals surface area contributed by atoms with Crippen molar-refractivity contribution in [3.05, 3.63) is 0 Å². The van der Waals surface area contributed by atoms with Crippen molar-refractivity contribution in [3.63, 3.8) is 0 Å². The molecule has 0 unspecified atom stereocenters. The number of likely N-dealkylation sites (tertiary alicyclic amines) is 1. The first-order valence-corrected chi connectivity index (χ1v) is 3.99. The van der Waals surface area contributed by atoms with Crippen LogP contribution in [0.5, 0.6) is 0 Å². The number of hydrogen-bond acceptors (Lipinski definition) is 2. The highest BCUT2D eigenvalue weighted by atomic mass is 16.1. The van der Waals surface area contributed by atoms with Crippen molar-refractivity contribution in [2.24, 2.45) is 17.4 Å². The first kappa shape index (κ1) is 8.83. The summed E-state index contributed by atoms with van der Waals surface area (Å²) in [5.74, 6) is -0.399. The summed E-state index contributed by atoms with van der Waals surface area (Å²) >= 11 is 0. The molecule has 5 heteroatoms. The molecule has 0 aromatic heterocycles. The van der Waals surface area contributed by atoms with Crippen molar-refractivity contribution in [1.82, 2.24) is 4.90 Å². The quantitative estimate of drug-likeness (QED) is 0.350. The molecular weight excluding hydrogens is 156 g/mol. The second-order valence-electron chi connectivity index (χ2n) is 3.07. The number of nitrogens with one attached hydrogen (secondary N) is 1. The van der Waals surface area contributed by atoms with Gasteiger partial charge >= 0.3 is 0 Å². The number of piperidine rings is 1. The minimum Gasteiger partial charge on any atom is -0.370 e. The van der Waals surface area contributed by atoms with Gasteiger partial charge < -0.3 is 16.4 Å². The Hall–Kier alpha value is -1.26. The van der Waals surface area contributed by atoms with E-state index >= 15 is 0 Å². The number of hydrogen-bond donors (Lipinski definition) is 3. The van der Waals surface area contributed by atoms with Gasteiger partial charge in [0.25, 0.3) is 0 Å². The summed E-state index contributed by atoms with van der Waals surface area (Å²) in [6.45, 7) is 1.27. The van der Waals surface area contributed by atoms with E-state index in [0.717, 1.165) is 19.4 Å². The number of nitrogens with two attached hydrogens (primary N) is 2. The molecule has 1 aliphatic heterocycles. The second-order valence-corrected chi connectivity index (χ2v) is 3.07. The number of rotatable bonds is 1. The Labute approximate surface area is 71.2 Å². The van der Waals surface area contributed by atoms with Crippen molar-refractivity contribution in [2.75, 3.05) is 13.1 Å². The normalized spacial score (nSPS) is 23.7. The van der Waals surface area contributed by atoms with Gasteiger partial charge in [0.05, 0.1) is 5.92 Å². The van der Waals surface area contributed by atoms with Gasteiger partial charge in [-0.15, -0.1) is 0 Å². The number of amides is 1. The van der Waals surface area contributed by atoms with Crippen LogP contribution in [-0.2, 0) is 4.79 Å². The van der Waals surface area contributed by atoms with Crippen molar-refractivity contribution in [1.29, 1.82) is 5.41 Å². The topological polar surface area (TPSA) is 96.2 Å². The van der Waals surface area contributed by atoms with Crippen molar-refractivity contribution >= 4 is 11.9 Å². The molecule has 1 atom stereocenters. The van der Waals surface area contributed by atoms with Gasteiger partial charge in [0.1, 0.15) is 0 Å². The van der Waals surface area contributed by atoms with E-state index in [4.69, 9.17) is 16.9 Å². The Bertz CT molecular complexity index is 184. The number of nitrogens with zero attached hydrogens (tertiary/aromatic N) is 1. The lowest BCUT2D eigenvalue weighted by Crippen LogP contribution is -2.46. The molecule has 1 heterocycles. The number of primary amides is 1. The van der Waals surface area contributed by atoms with Crippen LogP contribution in [0.2, 0.25) is 0 Å². The molecule has 12 heavy (non-hydrogen) atoms. The maximum absolute atomic E-state index is 10.8. The van der Waals surface area contributed by atoms with E-state index in [1.54, 1.807) is 4.90 Å². The highest BCUT2D eigenvalue weighted by molar-refractivity contribution is 5.79. The Morgan fingerprint density at radius 1 is 1.50 bits per heavy atom. The Kier molecular flexibility index (Phi) is 2.52. The van der Waals surface area contributed by atoms with Gasteiger partial charge in [0, 0.05) is 13.1 Å². The van der Waals surface area contributed by atoms with Crippen LogP contribution in [0.1, 0.15) is 12.8 Å². The summed E-state index contributed by atoms with van der Waals surface area (Å²) in [5, 5.41) is 7.17. The Morgan fingerprint density at radius 3 is 2.67 bits per heavy atom. The highest BCUT2D eigenvalue weighted by Crippen LogP contribution is 2.14. The van der Waals surface area contributed by atoms with Crippen LogP contribution < -0.4 is 11.5 Å². The van der Waals surface area contributed by atoms with E-state index in [9.17, 15) is 4.79 Å². The maximum atomic E-state index is 10.8. The zero-order valence-electron chi connectivity index (χ0n) is 6.92. The van der Waals surface area contributed by atoms with Gasteiger partial charge in [0.15, 0.2) is 5.96 Å². The van der Waals surface area contributed by atoms with Crippen molar-refractivity contribution in [2.45, 2.75) is 12.8 Å². The fraction of sp³-hybridized carbons (Fsp3) is 0.714. The van der Waals surface area contributed by atoms with E-state index < -0.39 is 0 Å². The second kappa shape index (κ2) is 3.42. The molecule has 1 fully saturated rings. The molecule has 1 amide bonds. The van der Waals surface area contributed by atoms with Crippen LogP contribution in [0.4, 0.5) is 0 Å². The predicted molar refractivity (Wildman–Crippen MR) is 45.4 cm³/mol. The largest absolute Gasteiger partial charge is 0.370 e. The standard InChI is InChI=1S/C7H14N4O/c8-6(12)5-2-1-3-11(4-5)7(9)10/h5H,1-4H2,(H2,8,12)(H3,9,10)/t5-/m0/s1. The molecule has 1 rings (SSSR count). The molecule has 0 radical (unpaired) electrons. The smallest absolute Gasteiger partial charge is 0.222 e. The SMILES string of the molecule is N=C(N)N1CCC[C@H](C(N)=O)C1. The molecular formula is C7H14N4O. The average molecular weight is 170 g/mol. The third-order valence-electron chi connectivity index (χ3n) is 2.16. The molecule has 0 aromatic carbocycles. The predicted octanol–water partition coefficient (Wildman–Crippen LogP) is -0.923. The van der Waals surface area contributed by atoms with Crippen molar-refractivity contribution in [3.8, 4) is 0 Å². The first-order chi connectivity index (χ1) is 5.61. The molecule has 5 N–H and O–H groups in total. The van der Waals surface area contributed by atoms with Crippen LogP contribution in [0.25, 0.3) is 0 Å². The average Bonchev–Trinajstić information content (AvgIpc) is 2.04. The lowest BCUT2D eigenvalue weighted by atomic mass is 9.98. The van der Waals surface area contributed by atoms with E-state index in [0.29, 0.717) is 6.54 Å². The van der Waals surface area contributed by atoms with Crippen LogP contribution >= 0.6 is 0 Å². The minimum absolute atomic E-state index is 0.0287. The Balaban J connectivity index is 2.51. The summed E-state index contributed by atoms with van der Waals surface area (Å²) in [4.78, 5) is 12.5. The van der Waals surface area contributed by atoms with Crippen LogP contribution in [0, 0.1) is 11.3 Å². The minimum atomic E-state index is -0.291. The molecule has 0 saturated carbocycles. The Morgan fingerprint density at radius 2 is 2.17 bits per heavy atom. The highest BCUT2D eigenvalue weighted by Gasteiger charge is 2.24. The van der Waals surface area contributed by atoms with Crippen molar-refractivity contribution < 1.29 is 4.79 Å². The van der Waals surface area contributed by atoms with E-state index in [1.807, 2.05) is 0 Å². The molecule has 0 bridgehead atoms. The fourth-order valence-electron chi connectivity index (χ4n) is 1.43. The van der Waals surface area contributed by atoms with E-state index in [-0.39, 0.29) is 17.8 Å². The number of carbonyl (C=O) groups excluding carboxylic acids is 1. The summed E-state index contributed by atoms with van der Waals surface area (Å²) in [6.07, 6.45) is 1.70. The third kappa shape index (κ3) is 1.87. The van der Waals surface area contributed by atoms with Gasteiger partial charge in [0.2, 0.25) is 5.91 Å². The molecule has 0 aliphatic carbocycles. The number of guanidine groups is 1.